The highest BCUT2D eigenvalue weighted by Gasteiger charge is 2.31. The summed E-state index contributed by atoms with van der Waals surface area (Å²) in [6.45, 7) is 9.67. The van der Waals surface area contributed by atoms with E-state index in [0.29, 0.717) is 6.04 Å². The normalized spacial score (nSPS) is 25.9. The summed E-state index contributed by atoms with van der Waals surface area (Å²) >= 11 is 0. The maximum atomic E-state index is 5.48. The molecule has 0 radical (unpaired) electrons. The number of hydrogen-bond donors (Lipinski definition) is 1. The van der Waals surface area contributed by atoms with E-state index < -0.39 is 0 Å². The van der Waals surface area contributed by atoms with Crippen LogP contribution in [-0.4, -0.2) is 18.1 Å². The fourth-order valence-electron chi connectivity index (χ4n) is 3.59. The van der Waals surface area contributed by atoms with E-state index >= 15 is 0 Å². The first-order valence-electron chi connectivity index (χ1n) is 7.80. The van der Waals surface area contributed by atoms with Gasteiger partial charge in [-0.2, -0.15) is 0 Å². The van der Waals surface area contributed by atoms with Gasteiger partial charge in [0.1, 0.15) is 5.75 Å². The minimum atomic E-state index is 0.633. The maximum Gasteiger partial charge on any atom is 0.128 e. The van der Waals surface area contributed by atoms with Crippen molar-refractivity contribution in [2.75, 3.05) is 7.11 Å². The molecule has 1 heterocycles. The Balaban J connectivity index is 2.01. The number of nitrogens with zero attached hydrogens (tertiary/aromatic N) is 1. The van der Waals surface area contributed by atoms with Crippen molar-refractivity contribution in [2.24, 2.45) is 11.8 Å². The van der Waals surface area contributed by atoms with E-state index in [9.17, 15) is 0 Å². The van der Waals surface area contributed by atoms with Gasteiger partial charge < -0.3 is 10.1 Å². The van der Waals surface area contributed by atoms with Gasteiger partial charge in [0.25, 0.3) is 0 Å². The molecule has 3 heteroatoms. The van der Waals surface area contributed by atoms with Gasteiger partial charge in [-0.15, -0.1) is 0 Å². The molecule has 1 N–H and O–H groups in total. The highest BCUT2D eigenvalue weighted by molar-refractivity contribution is 5.41. The number of methoxy groups -OCH3 is 1. The zero-order valence-corrected chi connectivity index (χ0v) is 13.5. The predicted octanol–water partition coefficient (Wildman–Crippen LogP) is 3.62. The molecule has 0 aliphatic heterocycles. The molecule has 3 nitrogen and oxygen atoms in total. The Morgan fingerprint density at radius 1 is 1.35 bits per heavy atom. The second-order valence-corrected chi connectivity index (χ2v) is 6.14. The monoisotopic (exact) mass is 276 g/mol. The molecule has 20 heavy (non-hydrogen) atoms. The molecule has 3 unspecified atom stereocenters. The van der Waals surface area contributed by atoms with Crippen LogP contribution in [0.3, 0.4) is 0 Å². The quantitative estimate of drug-likeness (QED) is 0.892. The molecule has 1 fully saturated rings. The second-order valence-electron chi connectivity index (χ2n) is 6.14. The molecule has 0 saturated heterocycles. The van der Waals surface area contributed by atoms with E-state index in [-0.39, 0.29) is 0 Å². The zero-order valence-electron chi connectivity index (χ0n) is 13.5. The maximum absolute atomic E-state index is 5.48. The van der Waals surface area contributed by atoms with Crippen LogP contribution in [0.5, 0.6) is 5.75 Å². The molecule has 2 rings (SSSR count). The van der Waals surface area contributed by atoms with Crippen molar-refractivity contribution < 1.29 is 4.74 Å². The number of pyridine rings is 1. The van der Waals surface area contributed by atoms with Crippen LogP contribution in [0.25, 0.3) is 0 Å². The van der Waals surface area contributed by atoms with Crippen molar-refractivity contribution >= 4 is 0 Å². The Hall–Kier alpha value is -1.09. The summed E-state index contributed by atoms with van der Waals surface area (Å²) in [5, 5.41) is 3.71. The summed E-state index contributed by atoms with van der Waals surface area (Å²) in [5.41, 5.74) is 3.38. The topological polar surface area (TPSA) is 34.2 Å². The average molecular weight is 276 g/mol. The lowest BCUT2D eigenvalue weighted by molar-refractivity contribution is 0.343. The van der Waals surface area contributed by atoms with Gasteiger partial charge in [0.05, 0.1) is 12.8 Å². The summed E-state index contributed by atoms with van der Waals surface area (Å²) in [6.07, 6.45) is 5.87. The molecule has 1 aromatic heterocycles. The molecule has 0 spiro atoms. The molecular formula is C17H28N2O. The smallest absolute Gasteiger partial charge is 0.128 e. The molecule has 1 aromatic rings. The van der Waals surface area contributed by atoms with E-state index in [2.05, 4.69) is 31.1 Å². The van der Waals surface area contributed by atoms with Gasteiger partial charge >= 0.3 is 0 Å². The second kappa shape index (κ2) is 6.57. The fourth-order valence-corrected chi connectivity index (χ4v) is 3.59. The average Bonchev–Trinajstić information content (AvgIpc) is 2.79. The number of ether oxygens (including phenoxy) is 1. The Labute approximate surface area is 123 Å². The van der Waals surface area contributed by atoms with Crippen LogP contribution in [0, 0.1) is 25.7 Å². The van der Waals surface area contributed by atoms with E-state index in [1.54, 1.807) is 7.11 Å². The van der Waals surface area contributed by atoms with Gasteiger partial charge in [-0.1, -0.05) is 20.3 Å². The van der Waals surface area contributed by atoms with Gasteiger partial charge in [-0.05, 0) is 38.5 Å². The SMILES string of the molecule is CCC1CCC(NCc2ncc(C)c(OC)c2C)C1C. The van der Waals surface area contributed by atoms with Gasteiger partial charge in [0.15, 0.2) is 0 Å². The van der Waals surface area contributed by atoms with E-state index in [1.807, 2.05) is 13.1 Å². The van der Waals surface area contributed by atoms with Crippen LogP contribution in [0.4, 0.5) is 0 Å². The van der Waals surface area contributed by atoms with Crippen molar-refractivity contribution in [3.05, 3.63) is 23.0 Å². The van der Waals surface area contributed by atoms with E-state index in [4.69, 9.17) is 4.74 Å². The first kappa shape index (κ1) is 15.3. The Morgan fingerprint density at radius 3 is 2.70 bits per heavy atom. The molecule has 1 aliphatic rings. The highest BCUT2D eigenvalue weighted by Crippen LogP contribution is 2.34. The fraction of sp³-hybridized carbons (Fsp3) is 0.706. The lowest BCUT2D eigenvalue weighted by atomic mass is 9.93. The van der Waals surface area contributed by atoms with E-state index in [0.717, 1.165) is 41.0 Å². The van der Waals surface area contributed by atoms with Crippen molar-refractivity contribution in [3.63, 3.8) is 0 Å². The summed E-state index contributed by atoms with van der Waals surface area (Å²) in [5.74, 6) is 2.63. The molecule has 0 amide bonds. The van der Waals surface area contributed by atoms with Crippen molar-refractivity contribution in [1.82, 2.24) is 10.3 Å². The third kappa shape index (κ3) is 2.98. The lowest BCUT2D eigenvalue weighted by Crippen LogP contribution is -2.32. The molecule has 112 valence electrons. The number of aromatic nitrogens is 1. The highest BCUT2D eigenvalue weighted by atomic mass is 16.5. The van der Waals surface area contributed by atoms with Crippen LogP contribution < -0.4 is 10.1 Å². The van der Waals surface area contributed by atoms with Crippen molar-refractivity contribution in [1.29, 1.82) is 0 Å². The standard InChI is InChI=1S/C17H28N2O/c1-6-14-7-8-15(12(14)3)19-10-16-13(4)17(20-5)11(2)9-18-16/h9,12,14-15,19H,6-8,10H2,1-5H3. The Morgan fingerprint density at radius 2 is 2.10 bits per heavy atom. The molecule has 3 atom stereocenters. The van der Waals surface area contributed by atoms with Gasteiger partial charge in [-0.3, -0.25) is 4.98 Å². The summed E-state index contributed by atoms with van der Waals surface area (Å²) in [7, 11) is 1.73. The van der Waals surface area contributed by atoms with Crippen LogP contribution in [0.2, 0.25) is 0 Å². The molecule has 1 aliphatic carbocycles. The molecule has 0 bridgehead atoms. The lowest BCUT2D eigenvalue weighted by Gasteiger charge is -2.21. The number of aryl methyl sites for hydroxylation is 1. The van der Waals surface area contributed by atoms with Gasteiger partial charge in [0.2, 0.25) is 0 Å². The van der Waals surface area contributed by atoms with Crippen LogP contribution in [0.1, 0.15) is 49.9 Å². The first-order chi connectivity index (χ1) is 9.58. The number of hydrogen-bond acceptors (Lipinski definition) is 3. The Kier molecular flexibility index (Phi) is 5.03. The Bertz CT molecular complexity index is 459. The molecule has 0 aromatic carbocycles. The third-order valence-electron chi connectivity index (χ3n) is 5.03. The number of rotatable bonds is 5. The van der Waals surface area contributed by atoms with Crippen molar-refractivity contribution in [3.8, 4) is 5.75 Å². The van der Waals surface area contributed by atoms with Crippen LogP contribution in [-0.2, 0) is 6.54 Å². The molecular weight excluding hydrogens is 248 g/mol. The summed E-state index contributed by atoms with van der Waals surface area (Å²) in [4.78, 5) is 4.57. The van der Waals surface area contributed by atoms with E-state index in [1.165, 1.54) is 19.3 Å². The minimum Gasteiger partial charge on any atom is -0.496 e. The third-order valence-corrected chi connectivity index (χ3v) is 5.03. The minimum absolute atomic E-state index is 0.633. The van der Waals surface area contributed by atoms with Gasteiger partial charge in [-0.25, -0.2) is 0 Å². The number of nitrogens with one attached hydrogen (secondary N) is 1. The largest absolute Gasteiger partial charge is 0.496 e. The summed E-state index contributed by atoms with van der Waals surface area (Å²) < 4.78 is 5.48. The van der Waals surface area contributed by atoms with Crippen LogP contribution in [0.15, 0.2) is 6.20 Å². The predicted molar refractivity (Wildman–Crippen MR) is 83.1 cm³/mol. The van der Waals surface area contributed by atoms with Crippen molar-refractivity contribution in [2.45, 2.75) is 59.5 Å². The zero-order chi connectivity index (χ0) is 14.7. The van der Waals surface area contributed by atoms with Gasteiger partial charge in [0, 0.05) is 29.9 Å². The summed E-state index contributed by atoms with van der Waals surface area (Å²) in [6, 6.07) is 0.633. The first-order valence-corrected chi connectivity index (χ1v) is 7.80. The molecule has 1 saturated carbocycles. The van der Waals surface area contributed by atoms with Crippen LogP contribution >= 0.6 is 0 Å².